The Hall–Kier alpha value is -0.620. The minimum atomic E-state index is -4.33. The number of hydrogen-bond acceptors (Lipinski definition) is 3. The van der Waals surface area contributed by atoms with Gasteiger partial charge in [0.25, 0.3) is 0 Å². The third-order valence-corrected chi connectivity index (χ3v) is 4.97. The van der Waals surface area contributed by atoms with Crippen LogP contribution in [0.3, 0.4) is 0 Å². The molecule has 0 radical (unpaired) electrons. The van der Waals surface area contributed by atoms with E-state index in [9.17, 15) is 13.2 Å². The highest BCUT2D eigenvalue weighted by molar-refractivity contribution is 7.12. The number of nitrogens with one attached hydrogen (secondary N) is 1. The van der Waals surface area contributed by atoms with E-state index in [-0.39, 0.29) is 5.41 Å². The van der Waals surface area contributed by atoms with E-state index in [1.165, 1.54) is 11.3 Å². The van der Waals surface area contributed by atoms with Gasteiger partial charge in [-0.1, -0.05) is 6.92 Å². The molecule has 3 rings (SSSR count). The van der Waals surface area contributed by atoms with Gasteiger partial charge in [-0.15, -0.1) is 11.3 Å². The van der Waals surface area contributed by atoms with Crippen LogP contribution in [0.25, 0.3) is 0 Å². The number of nitrogens with zero attached hydrogens (tertiary/aromatic N) is 1. The fraction of sp³-hybridized carbons (Fsp3) is 0.750. The quantitative estimate of drug-likeness (QED) is 0.911. The van der Waals surface area contributed by atoms with Gasteiger partial charge in [-0.3, -0.25) is 0 Å². The van der Waals surface area contributed by atoms with E-state index in [0.29, 0.717) is 22.5 Å². The highest BCUT2D eigenvalue weighted by Gasteiger charge is 2.45. The second kappa shape index (κ2) is 3.93. The lowest BCUT2D eigenvalue weighted by Gasteiger charge is -2.06. The number of thiazole rings is 1. The lowest BCUT2D eigenvalue weighted by molar-refractivity contribution is -0.141. The summed E-state index contributed by atoms with van der Waals surface area (Å²) in [6, 6.07) is 0.410. The van der Waals surface area contributed by atoms with E-state index < -0.39 is 11.9 Å². The number of aromatic nitrogens is 1. The summed E-state index contributed by atoms with van der Waals surface area (Å²) in [5.41, 5.74) is -0.772. The Morgan fingerprint density at radius 2 is 2.06 bits per heavy atom. The van der Waals surface area contributed by atoms with Crippen LogP contribution in [-0.2, 0) is 18.1 Å². The Bertz CT molecular complexity index is 458. The van der Waals surface area contributed by atoms with Crippen LogP contribution in [0.15, 0.2) is 0 Å². The van der Waals surface area contributed by atoms with Gasteiger partial charge in [0.1, 0.15) is 0 Å². The molecule has 6 heteroatoms. The monoisotopic (exact) mass is 276 g/mol. The van der Waals surface area contributed by atoms with E-state index in [4.69, 9.17) is 0 Å². The molecule has 2 saturated carbocycles. The molecular weight excluding hydrogens is 261 g/mol. The van der Waals surface area contributed by atoms with Gasteiger partial charge in [-0.2, -0.15) is 13.2 Å². The van der Waals surface area contributed by atoms with Gasteiger partial charge in [0.2, 0.25) is 0 Å². The molecule has 1 N–H and O–H groups in total. The van der Waals surface area contributed by atoms with Crippen molar-refractivity contribution in [1.29, 1.82) is 0 Å². The van der Waals surface area contributed by atoms with Gasteiger partial charge in [0.05, 0.1) is 9.88 Å². The van der Waals surface area contributed by atoms with Crippen LogP contribution in [0.5, 0.6) is 0 Å². The summed E-state index contributed by atoms with van der Waals surface area (Å²) >= 11 is 1.23. The maximum absolute atomic E-state index is 12.9. The molecule has 0 aliphatic heterocycles. The smallest absolute Gasteiger partial charge is 0.309 e. The minimum absolute atomic E-state index is 0.0947. The summed E-state index contributed by atoms with van der Waals surface area (Å²) in [5, 5.41) is 3.80. The van der Waals surface area contributed by atoms with Crippen molar-refractivity contribution in [1.82, 2.24) is 10.3 Å². The molecule has 0 spiro atoms. The second-order valence-corrected chi connectivity index (χ2v) is 6.59. The minimum Gasteiger partial charge on any atom is -0.309 e. The first kappa shape index (κ1) is 12.4. The highest BCUT2D eigenvalue weighted by Crippen LogP contribution is 2.50. The molecule has 0 unspecified atom stereocenters. The van der Waals surface area contributed by atoms with Crippen LogP contribution in [0.2, 0.25) is 0 Å². The highest BCUT2D eigenvalue weighted by atomic mass is 32.1. The van der Waals surface area contributed by atoms with Crippen LogP contribution in [-0.4, -0.2) is 11.0 Å². The van der Waals surface area contributed by atoms with Gasteiger partial charge in [0.15, 0.2) is 5.69 Å². The lowest BCUT2D eigenvalue weighted by Crippen LogP contribution is -2.18. The number of alkyl halides is 3. The number of hydrogen-bond donors (Lipinski definition) is 1. The topological polar surface area (TPSA) is 24.9 Å². The van der Waals surface area contributed by atoms with Crippen molar-refractivity contribution < 1.29 is 13.2 Å². The molecule has 1 aromatic rings. The average Bonchev–Trinajstić information content (AvgIpc) is 3.17. The second-order valence-electron chi connectivity index (χ2n) is 5.50. The Kier molecular flexibility index (Phi) is 2.71. The zero-order valence-electron chi connectivity index (χ0n) is 10.1. The van der Waals surface area contributed by atoms with Crippen molar-refractivity contribution in [3.63, 3.8) is 0 Å². The standard InChI is InChI=1S/C12H15F3N2S/c1-11(4-5-11)10-17-9(12(13,14)15)8(18-10)6-16-7-2-3-7/h7,16H,2-6H2,1H3. The zero-order chi connectivity index (χ0) is 13.0. The third-order valence-electron chi connectivity index (χ3n) is 3.61. The first-order valence-electron chi connectivity index (χ1n) is 6.19. The maximum atomic E-state index is 12.9. The molecule has 1 heterocycles. The molecule has 1 aromatic heterocycles. The molecule has 2 fully saturated rings. The molecule has 0 atom stereocenters. The Balaban J connectivity index is 1.85. The van der Waals surface area contributed by atoms with Crippen LogP contribution < -0.4 is 5.32 Å². The summed E-state index contributed by atoms with van der Waals surface area (Å²) in [4.78, 5) is 4.21. The first-order valence-corrected chi connectivity index (χ1v) is 7.01. The summed E-state index contributed by atoms with van der Waals surface area (Å²) in [6.45, 7) is 2.29. The van der Waals surface area contributed by atoms with Crippen LogP contribution in [0.1, 0.15) is 48.2 Å². The van der Waals surface area contributed by atoms with Gasteiger partial charge in [-0.05, 0) is 25.7 Å². The van der Waals surface area contributed by atoms with Crippen LogP contribution in [0.4, 0.5) is 13.2 Å². The summed E-state index contributed by atoms with van der Waals surface area (Å²) in [5.74, 6) is 0. The van der Waals surface area contributed by atoms with Gasteiger partial charge >= 0.3 is 6.18 Å². The molecule has 100 valence electrons. The summed E-state index contributed by atoms with van der Waals surface area (Å²) in [7, 11) is 0. The van der Waals surface area contributed by atoms with Gasteiger partial charge in [0, 0.05) is 18.0 Å². The largest absolute Gasteiger partial charge is 0.434 e. The van der Waals surface area contributed by atoms with Crippen molar-refractivity contribution in [2.24, 2.45) is 0 Å². The summed E-state index contributed by atoms with van der Waals surface area (Å²) in [6.07, 6.45) is -0.281. The third kappa shape index (κ3) is 2.40. The van der Waals surface area contributed by atoms with Gasteiger partial charge in [-0.25, -0.2) is 4.98 Å². The zero-order valence-corrected chi connectivity index (χ0v) is 10.9. The molecule has 0 amide bonds. The fourth-order valence-electron chi connectivity index (χ4n) is 1.88. The molecular formula is C12H15F3N2S. The van der Waals surface area contributed by atoms with Crippen molar-refractivity contribution in [2.75, 3.05) is 0 Å². The van der Waals surface area contributed by atoms with Crippen molar-refractivity contribution in [3.05, 3.63) is 15.6 Å². The van der Waals surface area contributed by atoms with Crippen molar-refractivity contribution >= 4 is 11.3 Å². The Morgan fingerprint density at radius 1 is 1.39 bits per heavy atom. The maximum Gasteiger partial charge on any atom is 0.434 e. The first-order chi connectivity index (χ1) is 8.38. The molecule has 2 nitrogen and oxygen atoms in total. The summed E-state index contributed by atoms with van der Waals surface area (Å²) < 4.78 is 38.8. The molecule has 0 aromatic carbocycles. The van der Waals surface area contributed by atoms with Crippen LogP contribution in [0, 0.1) is 0 Å². The number of rotatable bonds is 4. The SMILES string of the molecule is CC1(c2nc(C(F)(F)F)c(CNC3CC3)s2)CC1. The Labute approximate surface area is 108 Å². The van der Waals surface area contributed by atoms with E-state index >= 15 is 0 Å². The van der Waals surface area contributed by atoms with E-state index in [1.807, 2.05) is 6.92 Å². The molecule has 2 aliphatic carbocycles. The van der Waals surface area contributed by atoms with E-state index in [1.54, 1.807) is 0 Å². The van der Waals surface area contributed by atoms with Gasteiger partial charge < -0.3 is 5.32 Å². The van der Waals surface area contributed by atoms with Crippen molar-refractivity contribution in [3.8, 4) is 0 Å². The molecule has 0 saturated heterocycles. The normalized spacial score (nSPS) is 22.2. The molecule has 18 heavy (non-hydrogen) atoms. The van der Waals surface area contributed by atoms with Crippen LogP contribution >= 0.6 is 11.3 Å². The van der Waals surface area contributed by atoms with E-state index in [0.717, 1.165) is 25.7 Å². The Morgan fingerprint density at radius 3 is 2.56 bits per heavy atom. The number of halogens is 3. The lowest BCUT2D eigenvalue weighted by atomic mass is 10.2. The fourth-order valence-corrected chi connectivity index (χ4v) is 3.11. The molecule has 0 bridgehead atoms. The predicted molar refractivity (Wildman–Crippen MR) is 63.6 cm³/mol. The predicted octanol–water partition coefficient (Wildman–Crippen LogP) is 3.47. The molecule has 2 aliphatic rings. The van der Waals surface area contributed by atoms with Crippen molar-refractivity contribution in [2.45, 2.75) is 56.8 Å². The average molecular weight is 276 g/mol. The van der Waals surface area contributed by atoms with E-state index in [2.05, 4.69) is 10.3 Å².